The quantitative estimate of drug-likeness (QED) is 0.557. The van der Waals surface area contributed by atoms with Crippen LogP contribution in [0.5, 0.6) is 0 Å². The molecule has 0 aliphatic carbocycles. The smallest absolute Gasteiger partial charge is 0.268 e. The van der Waals surface area contributed by atoms with Gasteiger partial charge in [0.05, 0.1) is 5.39 Å². The van der Waals surface area contributed by atoms with Crippen LogP contribution in [0.2, 0.25) is 0 Å². The molecule has 2 rings (SSSR count). The molecule has 21 heavy (non-hydrogen) atoms. The van der Waals surface area contributed by atoms with E-state index < -0.39 is 11.8 Å². The van der Waals surface area contributed by atoms with Crippen LogP contribution in [0.4, 0.5) is 0 Å². The summed E-state index contributed by atoms with van der Waals surface area (Å²) in [7, 11) is 0. The summed E-state index contributed by atoms with van der Waals surface area (Å²) in [4.78, 5) is 35.1. The molecule has 0 radical (unpaired) electrons. The fourth-order valence-corrected chi connectivity index (χ4v) is 1.76. The summed E-state index contributed by atoms with van der Waals surface area (Å²) in [6, 6.07) is 6.59. The fraction of sp³-hybridized carbons (Fsp3) is 0.143. The number of carbonyl (C=O) groups is 2. The van der Waals surface area contributed by atoms with Crippen LogP contribution in [0.1, 0.15) is 24.3 Å². The van der Waals surface area contributed by atoms with E-state index in [0.29, 0.717) is 10.8 Å². The molecule has 0 spiro atoms. The SMILES string of the molecule is CC(C)=CC(=O)NNC(=O)c1n[nH]c(=O)c2ccccc12. The molecular formula is C14H14N4O3. The van der Waals surface area contributed by atoms with Gasteiger partial charge in [-0.25, -0.2) is 5.10 Å². The molecule has 0 bridgehead atoms. The van der Waals surface area contributed by atoms with E-state index >= 15 is 0 Å². The lowest BCUT2D eigenvalue weighted by atomic mass is 10.1. The van der Waals surface area contributed by atoms with Crippen LogP contribution >= 0.6 is 0 Å². The van der Waals surface area contributed by atoms with Gasteiger partial charge >= 0.3 is 0 Å². The number of rotatable bonds is 2. The normalized spacial score (nSPS) is 10.0. The molecule has 2 aromatic rings. The summed E-state index contributed by atoms with van der Waals surface area (Å²) in [6.45, 7) is 3.52. The van der Waals surface area contributed by atoms with Gasteiger partial charge in [0.1, 0.15) is 0 Å². The maximum absolute atomic E-state index is 12.0. The lowest BCUT2D eigenvalue weighted by molar-refractivity contribution is -0.117. The Balaban J connectivity index is 2.25. The van der Waals surface area contributed by atoms with Crippen molar-refractivity contribution in [3.05, 3.63) is 52.0 Å². The first-order valence-electron chi connectivity index (χ1n) is 6.21. The minimum absolute atomic E-state index is 0.0303. The van der Waals surface area contributed by atoms with E-state index in [2.05, 4.69) is 21.0 Å². The molecule has 0 saturated heterocycles. The van der Waals surface area contributed by atoms with Crippen molar-refractivity contribution in [2.75, 3.05) is 0 Å². The second kappa shape index (κ2) is 6.00. The standard InChI is InChI=1S/C14H14N4O3/c1-8(2)7-11(19)15-18-14(21)12-9-5-3-4-6-10(9)13(20)17-16-12/h3-7H,1-2H3,(H,15,19)(H,17,20)(H,18,21). The zero-order chi connectivity index (χ0) is 15.4. The number of benzene rings is 1. The molecule has 1 heterocycles. The van der Waals surface area contributed by atoms with Gasteiger partial charge in [0.25, 0.3) is 17.4 Å². The van der Waals surface area contributed by atoms with E-state index in [-0.39, 0.29) is 11.3 Å². The molecule has 2 amide bonds. The first kappa shape index (κ1) is 14.4. The van der Waals surface area contributed by atoms with Gasteiger partial charge in [-0.3, -0.25) is 25.2 Å². The summed E-state index contributed by atoms with van der Waals surface area (Å²) in [5, 5.41) is 6.75. The Hall–Kier alpha value is -2.96. The minimum Gasteiger partial charge on any atom is -0.268 e. The number of aromatic amines is 1. The predicted molar refractivity (Wildman–Crippen MR) is 77.4 cm³/mol. The average Bonchev–Trinajstić information content (AvgIpc) is 2.45. The Morgan fingerprint density at radius 3 is 2.48 bits per heavy atom. The molecule has 0 aliphatic heterocycles. The maximum atomic E-state index is 12.0. The molecule has 1 aromatic carbocycles. The zero-order valence-corrected chi connectivity index (χ0v) is 11.6. The molecular weight excluding hydrogens is 272 g/mol. The van der Waals surface area contributed by atoms with E-state index in [1.807, 2.05) is 0 Å². The number of nitrogens with zero attached hydrogens (tertiary/aromatic N) is 1. The van der Waals surface area contributed by atoms with Crippen molar-refractivity contribution in [3.8, 4) is 0 Å². The number of allylic oxidation sites excluding steroid dienone is 1. The number of hydrogen-bond acceptors (Lipinski definition) is 4. The van der Waals surface area contributed by atoms with Crippen LogP contribution in [-0.4, -0.2) is 22.0 Å². The number of amides is 2. The van der Waals surface area contributed by atoms with Gasteiger partial charge in [-0.1, -0.05) is 23.8 Å². The van der Waals surface area contributed by atoms with Crippen LogP contribution in [0.15, 0.2) is 40.7 Å². The van der Waals surface area contributed by atoms with Gasteiger partial charge in [-0.05, 0) is 19.9 Å². The second-order valence-electron chi connectivity index (χ2n) is 4.61. The zero-order valence-electron chi connectivity index (χ0n) is 11.6. The molecule has 7 heteroatoms. The number of nitrogens with one attached hydrogen (secondary N) is 3. The predicted octanol–water partition coefficient (Wildman–Crippen LogP) is 0.650. The molecule has 108 valence electrons. The van der Waals surface area contributed by atoms with Crippen molar-refractivity contribution < 1.29 is 9.59 Å². The number of aromatic nitrogens is 2. The van der Waals surface area contributed by atoms with E-state index in [9.17, 15) is 14.4 Å². The number of carbonyl (C=O) groups excluding carboxylic acids is 2. The van der Waals surface area contributed by atoms with Gasteiger partial charge in [0.15, 0.2) is 5.69 Å². The summed E-state index contributed by atoms with van der Waals surface area (Å²) < 4.78 is 0. The highest BCUT2D eigenvalue weighted by molar-refractivity contribution is 6.05. The third-order valence-electron chi connectivity index (χ3n) is 2.63. The molecule has 7 nitrogen and oxygen atoms in total. The molecule has 3 N–H and O–H groups in total. The van der Waals surface area contributed by atoms with Gasteiger partial charge < -0.3 is 0 Å². The van der Waals surface area contributed by atoms with Crippen molar-refractivity contribution in [1.29, 1.82) is 0 Å². The lowest BCUT2D eigenvalue weighted by Crippen LogP contribution is -2.41. The summed E-state index contributed by atoms with van der Waals surface area (Å²) in [5.41, 5.74) is 4.94. The molecule has 0 saturated carbocycles. The minimum atomic E-state index is -0.613. The first-order valence-corrected chi connectivity index (χ1v) is 6.21. The Morgan fingerprint density at radius 1 is 1.14 bits per heavy atom. The van der Waals surface area contributed by atoms with Crippen molar-refractivity contribution in [1.82, 2.24) is 21.0 Å². The topological polar surface area (TPSA) is 104 Å². The Bertz CT molecular complexity index is 788. The lowest BCUT2D eigenvalue weighted by Gasteiger charge is -2.06. The van der Waals surface area contributed by atoms with Crippen molar-refractivity contribution in [2.45, 2.75) is 13.8 Å². The third-order valence-corrected chi connectivity index (χ3v) is 2.63. The third kappa shape index (κ3) is 3.33. The second-order valence-corrected chi connectivity index (χ2v) is 4.61. The Kier molecular flexibility index (Phi) is 4.13. The van der Waals surface area contributed by atoms with Crippen LogP contribution in [-0.2, 0) is 4.79 Å². The molecule has 0 aliphatic rings. The molecule has 1 aromatic heterocycles. The largest absolute Gasteiger partial charge is 0.290 e. The molecule has 0 atom stereocenters. The highest BCUT2D eigenvalue weighted by atomic mass is 16.2. The van der Waals surface area contributed by atoms with Gasteiger partial charge in [0.2, 0.25) is 0 Å². The summed E-state index contributed by atoms with van der Waals surface area (Å²) >= 11 is 0. The van der Waals surface area contributed by atoms with Crippen molar-refractivity contribution in [2.24, 2.45) is 0 Å². The van der Waals surface area contributed by atoms with Gasteiger partial charge in [-0.2, -0.15) is 5.10 Å². The average molecular weight is 286 g/mol. The fourth-order valence-electron chi connectivity index (χ4n) is 1.76. The molecule has 0 fully saturated rings. The van der Waals surface area contributed by atoms with E-state index in [4.69, 9.17) is 0 Å². The van der Waals surface area contributed by atoms with E-state index in [1.165, 1.54) is 6.08 Å². The number of fused-ring (bicyclic) bond motifs is 1. The van der Waals surface area contributed by atoms with E-state index in [0.717, 1.165) is 5.57 Å². The molecule has 0 unspecified atom stereocenters. The van der Waals surface area contributed by atoms with Crippen molar-refractivity contribution in [3.63, 3.8) is 0 Å². The summed E-state index contributed by atoms with van der Waals surface area (Å²) in [5.74, 6) is -1.06. The van der Waals surface area contributed by atoms with E-state index in [1.54, 1.807) is 38.1 Å². The van der Waals surface area contributed by atoms with Crippen LogP contribution < -0.4 is 16.4 Å². The van der Waals surface area contributed by atoms with Gasteiger partial charge in [0, 0.05) is 11.5 Å². The van der Waals surface area contributed by atoms with Gasteiger partial charge in [-0.15, -0.1) is 0 Å². The monoisotopic (exact) mass is 286 g/mol. The van der Waals surface area contributed by atoms with Crippen LogP contribution in [0.3, 0.4) is 0 Å². The number of hydrazine groups is 1. The highest BCUT2D eigenvalue weighted by Gasteiger charge is 2.14. The Labute approximate surface area is 120 Å². The van der Waals surface area contributed by atoms with Crippen LogP contribution in [0, 0.1) is 0 Å². The number of hydrogen-bond donors (Lipinski definition) is 3. The maximum Gasteiger partial charge on any atom is 0.290 e. The number of H-pyrrole nitrogens is 1. The first-order chi connectivity index (χ1) is 9.99. The van der Waals surface area contributed by atoms with Crippen molar-refractivity contribution >= 4 is 22.6 Å². The summed E-state index contributed by atoms with van der Waals surface area (Å²) in [6.07, 6.45) is 1.35. The van der Waals surface area contributed by atoms with Crippen LogP contribution in [0.25, 0.3) is 10.8 Å². The Morgan fingerprint density at radius 2 is 1.81 bits per heavy atom. The highest BCUT2D eigenvalue weighted by Crippen LogP contribution is 2.11.